The molecular formula is C19H28N2O2. The Bertz CT molecular complexity index is 546. The van der Waals surface area contributed by atoms with E-state index in [1.54, 1.807) is 6.92 Å². The number of carbonyl (C=O) groups is 1. The molecule has 23 heavy (non-hydrogen) atoms. The van der Waals surface area contributed by atoms with Gasteiger partial charge in [0.1, 0.15) is 0 Å². The first-order chi connectivity index (χ1) is 10.8. The highest BCUT2D eigenvalue weighted by Crippen LogP contribution is 2.46. The fraction of sp³-hybridized carbons (Fsp3) is 0.579. The van der Waals surface area contributed by atoms with Crippen molar-refractivity contribution >= 4 is 5.97 Å². The molecule has 0 bridgehead atoms. The van der Waals surface area contributed by atoms with Crippen LogP contribution < -0.4 is 0 Å². The maximum atomic E-state index is 12.0. The maximum absolute atomic E-state index is 12.0. The number of hydrogen-bond donors (Lipinski definition) is 0. The molecule has 0 fully saturated rings. The minimum Gasteiger partial charge on any atom is -0.466 e. The Labute approximate surface area is 140 Å². The second-order valence-electron chi connectivity index (χ2n) is 6.80. The fourth-order valence-corrected chi connectivity index (χ4v) is 2.98. The van der Waals surface area contributed by atoms with Gasteiger partial charge < -0.3 is 9.64 Å². The van der Waals surface area contributed by atoms with E-state index >= 15 is 0 Å². The van der Waals surface area contributed by atoms with Gasteiger partial charge in [-0.3, -0.25) is 4.79 Å². The standard InChI is InChI=1S/C19H28N2O2/c1-6-23-17(22)14-18(2,3)19(15-20,12-13-21(4)5)16-10-8-7-9-11-16/h7-11H,6,12-14H2,1-5H3. The highest BCUT2D eigenvalue weighted by Gasteiger charge is 2.48. The van der Waals surface area contributed by atoms with Crippen LogP contribution in [0.5, 0.6) is 0 Å². The van der Waals surface area contributed by atoms with Gasteiger partial charge >= 0.3 is 5.97 Å². The summed E-state index contributed by atoms with van der Waals surface area (Å²) in [6.07, 6.45) is 0.879. The first kappa shape index (κ1) is 19.2. The van der Waals surface area contributed by atoms with Crippen molar-refractivity contribution < 1.29 is 9.53 Å². The molecule has 0 saturated heterocycles. The summed E-state index contributed by atoms with van der Waals surface area (Å²) in [4.78, 5) is 14.1. The van der Waals surface area contributed by atoms with Crippen molar-refractivity contribution in [2.24, 2.45) is 5.41 Å². The average molecular weight is 316 g/mol. The molecule has 1 atom stereocenters. The second-order valence-corrected chi connectivity index (χ2v) is 6.80. The Morgan fingerprint density at radius 1 is 1.26 bits per heavy atom. The average Bonchev–Trinajstić information content (AvgIpc) is 2.48. The predicted octanol–water partition coefficient (Wildman–Crippen LogP) is 3.38. The van der Waals surface area contributed by atoms with Crippen molar-refractivity contribution in [1.29, 1.82) is 5.26 Å². The molecular weight excluding hydrogens is 288 g/mol. The van der Waals surface area contributed by atoms with Crippen LogP contribution in [-0.4, -0.2) is 38.1 Å². The lowest BCUT2D eigenvalue weighted by Crippen LogP contribution is -2.44. The first-order valence-corrected chi connectivity index (χ1v) is 8.06. The van der Waals surface area contributed by atoms with E-state index in [-0.39, 0.29) is 12.4 Å². The molecule has 0 aliphatic rings. The molecule has 1 unspecified atom stereocenters. The van der Waals surface area contributed by atoms with Crippen molar-refractivity contribution in [3.63, 3.8) is 0 Å². The third-order valence-corrected chi connectivity index (χ3v) is 4.44. The number of hydrogen-bond acceptors (Lipinski definition) is 4. The number of nitrogens with zero attached hydrogens (tertiary/aromatic N) is 2. The molecule has 0 amide bonds. The van der Waals surface area contributed by atoms with Crippen molar-refractivity contribution in [2.75, 3.05) is 27.2 Å². The van der Waals surface area contributed by atoms with E-state index in [9.17, 15) is 10.1 Å². The number of benzene rings is 1. The van der Waals surface area contributed by atoms with Gasteiger partial charge in [-0.25, -0.2) is 0 Å². The van der Waals surface area contributed by atoms with E-state index in [0.717, 1.165) is 12.1 Å². The van der Waals surface area contributed by atoms with Gasteiger partial charge in [-0.05, 0) is 45.0 Å². The summed E-state index contributed by atoms with van der Waals surface area (Å²) >= 11 is 0. The molecule has 0 aliphatic carbocycles. The van der Waals surface area contributed by atoms with Crippen molar-refractivity contribution in [3.8, 4) is 6.07 Å². The van der Waals surface area contributed by atoms with Gasteiger partial charge in [-0.15, -0.1) is 0 Å². The smallest absolute Gasteiger partial charge is 0.306 e. The zero-order valence-electron chi connectivity index (χ0n) is 14.9. The van der Waals surface area contributed by atoms with Gasteiger partial charge in [0.2, 0.25) is 0 Å². The van der Waals surface area contributed by atoms with Gasteiger partial charge in [0, 0.05) is 0 Å². The Hall–Kier alpha value is -1.86. The van der Waals surface area contributed by atoms with Gasteiger partial charge in [-0.1, -0.05) is 44.2 Å². The van der Waals surface area contributed by atoms with Crippen molar-refractivity contribution in [3.05, 3.63) is 35.9 Å². The predicted molar refractivity (Wildman–Crippen MR) is 91.9 cm³/mol. The van der Waals surface area contributed by atoms with E-state index in [1.165, 1.54) is 0 Å². The van der Waals surface area contributed by atoms with Crippen LogP contribution in [0.4, 0.5) is 0 Å². The van der Waals surface area contributed by atoms with Crippen LogP contribution >= 0.6 is 0 Å². The van der Waals surface area contributed by atoms with Crippen molar-refractivity contribution in [2.45, 2.75) is 39.0 Å². The van der Waals surface area contributed by atoms with Gasteiger partial charge in [0.15, 0.2) is 0 Å². The summed E-state index contributed by atoms with van der Waals surface area (Å²) in [5, 5.41) is 10.1. The molecule has 4 heteroatoms. The monoisotopic (exact) mass is 316 g/mol. The minimum absolute atomic E-state index is 0.219. The molecule has 0 aromatic heterocycles. The molecule has 0 spiro atoms. The van der Waals surface area contributed by atoms with Gasteiger partial charge in [0.05, 0.1) is 24.5 Å². The molecule has 1 aromatic rings. The molecule has 0 saturated carbocycles. The Balaban J connectivity index is 3.26. The quantitative estimate of drug-likeness (QED) is 0.690. The molecule has 0 aliphatic heterocycles. The molecule has 1 rings (SSSR count). The van der Waals surface area contributed by atoms with E-state index < -0.39 is 10.8 Å². The van der Waals surface area contributed by atoms with E-state index in [2.05, 4.69) is 11.0 Å². The Morgan fingerprint density at radius 2 is 1.87 bits per heavy atom. The minimum atomic E-state index is -0.745. The van der Waals surface area contributed by atoms with Crippen LogP contribution in [0.25, 0.3) is 0 Å². The summed E-state index contributed by atoms with van der Waals surface area (Å²) in [5.41, 5.74) is -0.324. The number of carbonyl (C=O) groups excluding carboxylic acids is 1. The summed E-state index contributed by atoms with van der Waals surface area (Å²) in [6.45, 7) is 6.89. The Morgan fingerprint density at radius 3 is 2.35 bits per heavy atom. The molecule has 0 heterocycles. The highest BCUT2D eigenvalue weighted by atomic mass is 16.5. The zero-order valence-corrected chi connectivity index (χ0v) is 14.9. The first-order valence-electron chi connectivity index (χ1n) is 8.06. The fourth-order valence-electron chi connectivity index (χ4n) is 2.98. The Kier molecular flexibility index (Phi) is 6.78. The molecule has 1 aromatic carbocycles. The van der Waals surface area contributed by atoms with Crippen molar-refractivity contribution in [1.82, 2.24) is 4.90 Å². The van der Waals surface area contributed by atoms with Gasteiger partial charge in [-0.2, -0.15) is 5.26 Å². The third-order valence-electron chi connectivity index (χ3n) is 4.44. The summed E-state index contributed by atoms with van der Waals surface area (Å²) in [7, 11) is 3.98. The largest absolute Gasteiger partial charge is 0.466 e. The number of nitriles is 1. The van der Waals surface area contributed by atoms with Crippen LogP contribution in [0.15, 0.2) is 30.3 Å². The summed E-state index contributed by atoms with van der Waals surface area (Å²) in [6, 6.07) is 12.3. The summed E-state index contributed by atoms with van der Waals surface area (Å²) < 4.78 is 5.12. The van der Waals surface area contributed by atoms with E-state index in [4.69, 9.17) is 4.74 Å². The molecule has 126 valence electrons. The van der Waals surface area contributed by atoms with Crippen LogP contribution in [0, 0.1) is 16.7 Å². The zero-order chi connectivity index (χ0) is 17.5. The topological polar surface area (TPSA) is 53.3 Å². The van der Waals surface area contributed by atoms with Crippen LogP contribution in [0.3, 0.4) is 0 Å². The maximum Gasteiger partial charge on any atom is 0.306 e. The summed E-state index contributed by atoms with van der Waals surface area (Å²) in [5.74, 6) is -0.252. The van der Waals surface area contributed by atoms with E-state index in [0.29, 0.717) is 13.0 Å². The lowest BCUT2D eigenvalue weighted by atomic mass is 9.59. The lowest BCUT2D eigenvalue weighted by Gasteiger charge is -2.42. The van der Waals surface area contributed by atoms with Crippen LogP contribution in [-0.2, 0) is 14.9 Å². The highest BCUT2D eigenvalue weighted by molar-refractivity contribution is 5.70. The number of rotatable bonds is 8. The van der Waals surface area contributed by atoms with Gasteiger partial charge in [0.25, 0.3) is 0 Å². The van der Waals surface area contributed by atoms with E-state index in [1.807, 2.05) is 58.3 Å². The molecule has 0 radical (unpaired) electrons. The number of ether oxygens (including phenoxy) is 1. The number of esters is 1. The molecule has 0 N–H and O–H groups in total. The lowest BCUT2D eigenvalue weighted by molar-refractivity contribution is -0.146. The molecule has 4 nitrogen and oxygen atoms in total. The van der Waals surface area contributed by atoms with Crippen LogP contribution in [0.2, 0.25) is 0 Å². The van der Waals surface area contributed by atoms with Crippen LogP contribution in [0.1, 0.15) is 39.2 Å². The SMILES string of the molecule is CCOC(=O)CC(C)(C)C(C#N)(CCN(C)C)c1ccccc1. The second kappa shape index (κ2) is 8.12. The third kappa shape index (κ3) is 4.56. The normalized spacial score (nSPS) is 14.1.